The number of amides is 1. The van der Waals surface area contributed by atoms with Gasteiger partial charge < -0.3 is 24.4 Å². The second-order valence-electron chi connectivity index (χ2n) is 7.63. The number of hydrogen-bond acceptors (Lipinski definition) is 6. The summed E-state index contributed by atoms with van der Waals surface area (Å²) in [6, 6.07) is 6.81. The van der Waals surface area contributed by atoms with Gasteiger partial charge in [0.15, 0.2) is 11.5 Å². The molecule has 1 aromatic heterocycles. The van der Waals surface area contributed by atoms with E-state index in [0.717, 1.165) is 36.5 Å². The number of carbonyl (C=O) groups is 1. The maximum Gasteiger partial charge on any atom is 0.253 e. The summed E-state index contributed by atoms with van der Waals surface area (Å²) in [5, 5.41) is 2.82. The quantitative estimate of drug-likeness (QED) is 0.856. The maximum absolute atomic E-state index is 11.9. The van der Waals surface area contributed by atoms with Crippen LogP contribution in [0.4, 0.5) is 5.82 Å². The lowest BCUT2D eigenvalue weighted by Crippen LogP contribution is -2.45. The molecule has 1 aromatic carbocycles. The first-order chi connectivity index (χ1) is 15.5. The fourth-order valence-electron chi connectivity index (χ4n) is 4.14. The monoisotopic (exact) mass is 399 g/mol. The van der Waals surface area contributed by atoms with Gasteiger partial charge in [-0.15, -0.1) is 0 Å². The number of anilines is 1. The Balaban J connectivity index is 1.28. The van der Waals surface area contributed by atoms with Gasteiger partial charge in [-0.05, 0) is 37.6 Å². The Morgan fingerprint density at radius 2 is 2.10 bits per heavy atom. The summed E-state index contributed by atoms with van der Waals surface area (Å²) in [6.07, 6.45) is 1.46. The number of carbonyl (C=O) groups excluding carboxylic acids is 1. The van der Waals surface area contributed by atoms with Gasteiger partial charge in [0, 0.05) is 31.5 Å². The van der Waals surface area contributed by atoms with Crippen LogP contribution in [0, 0.1) is 6.92 Å². The van der Waals surface area contributed by atoms with Gasteiger partial charge in [0.05, 0.1) is 23.3 Å². The summed E-state index contributed by atoms with van der Waals surface area (Å²) in [6.45, 7) is 0.0939. The van der Waals surface area contributed by atoms with Gasteiger partial charge in [-0.3, -0.25) is 4.79 Å². The number of hydrogen-bond donors (Lipinski definition) is 1. The Labute approximate surface area is 175 Å². The number of rotatable bonds is 3. The van der Waals surface area contributed by atoms with Crippen molar-refractivity contribution in [2.75, 3.05) is 24.6 Å². The molecule has 29 heavy (non-hydrogen) atoms. The summed E-state index contributed by atoms with van der Waals surface area (Å²) in [4.78, 5) is 18.9. The lowest BCUT2D eigenvalue weighted by molar-refractivity contribution is 0.0965. The Bertz CT molecular complexity index is 1130. The molecule has 0 saturated carbocycles. The topological polar surface area (TPSA) is 72.9 Å². The van der Waals surface area contributed by atoms with Crippen LogP contribution in [-0.4, -0.2) is 42.7 Å². The van der Waals surface area contributed by atoms with Gasteiger partial charge in [0.25, 0.3) is 5.91 Å². The summed E-state index contributed by atoms with van der Waals surface area (Å²) < 4.78 is 47.4. The number of aromatic nitrogens is 1. The number of benzene rings is 1. The van der Waals surface area contributed by atoms with Gasteiger partial charge in [0.1, 0.15) is 30.8 Å². The van der Waals surface area contributed by atoms with E-state index in [9.17, 15) is 4.79 Å². The average molecular weight is 399 g/mol. The number of aryl methyl sites for hydroxylation is 1. The first kappa shape index (κ1) is 14.1. The van der Waals surface area contributed by atoms with Crippen molar-refractivity contribution >= 4 is 11.7 Å². The first-order valence-corrected chi connectivity index (χ1v) is 9.78. The minimum atomic E-state index is -2.61. The predicted octanol–water partition coefficient (Wildman–Crippen LogP) is 2.84. The number of pyridine rings is 1. The van der Waals surface area contributed by atoms with Gasteiger partial charge in [0.2, 0.25) is 0 Å². The van der Waals surface area contributed by atoms with Crippen molar-refractivity contribution in [3.63, 3.8) is 0 Å². The highest BCUT2D eigenvalue weighted by molar-refractivity contribution is 5.98. The molecule has 1 fully saturated rings. The van der Waals surface area contributed by atoms with Crippen molar-refractivity contribution in [1.82, 2.24) is 10.3 Å². The zero-order valence-electron chi connectivity index (χ0n) is 20.3. The largest absolute Gasteiger partial charge is 0.490 e. The standard InChI is InChI=1S/C22H25N3O4/c1-13-9-17-18(12-23-22(17)26)24-21(13)25-6-5-16(10-14(25)2)29-15-3-4-19-20(11-15)28-8-7-27-19/h3-4,9,11,14,16H,5-8,10,12H2,1-2H3,(H,23,26)/t14-,16+/m1/s1/i7D2,8D2. The molecule has 3 aliphatic rings. The van der Waals surface area contributed by atoms with E-state index in [1.807, 2.05) is 13.0 Å². The molecule has 0 spiro atoms. The summed E-state index contributed by atoms with van der Waals surface area (Å²) >= 11 is 0. The number of fused-ring (bicyclic) bond motifs is 2. The minimum Gasteiger partial charge on any atom is -0.490 e. The Morgan fingerprint density at radius 3 is 2.93 bits per heavy atom. The molecule has 0 radical (unpaired) electrons. The molecule has 7 heteroatoms. The van der Waals surface area contributed by atoms with Crippen LogP contribution >= 0.6 is 0 Å². The highest BCUT2D eigenvalue weighted by Crippen LogP contribution is 2.35. The molecule has 1 saturated heterocycles. The Hall–Kier alpha value is -2.96. The van der Waals surface area contributed by atoms with Gasteiger partial charge in [-0.2, -0.15) is 0 Å². The lowest BCUT2D eigenvalue weighted by Gasteiger charge is -2.39. The van der Waals surface area contributed by atoms with Crippen molar-refractivity contribution in [3.8, 4) is 17.2 Å². The van der Waals surface area contributed by atoms with E-state index in [-0.39, 0.29) is 29.6 Å². The van der Waals surface area contributed by atoms with Crippen LogP contribution in [0.3, 0.4) is 0 Å². The molecular formula is C22H25N3O4. The van der Waals surface area contributed by atoms with E-state index in [0.29, 0.717) is 17.9 Å². The van der Waals surface area contributed by atoms with Crippen molar-refractivity contribution in [1.29, 1.82) is 0 Å². The van der Waals surface area contributed by atoms with Gasteiger partial charge in [-0.25, -0.2) is 4.98 Å². The Morgan fingerprint density at radius 1 is 1.28 bits per heavy atom. The van der Waals surface area contributed by atoms with Crippen molar-refractivity contribution in [2.24, 2.45) is 0 Å². The maximum atomic E-state index is 11.9. The molecule has 2 atom stereocenters. The van der Waals surface area contributed by atoms with Crippen LogP contribution in [0.25, 0.3) is 0 Å². The molecule has 0 bridgehead atoms. The highest BCUT2D eigenvalue weighted by atomic mass is 16.6. The minimum absolute atomic E-state index is 0.0556. The lowest BCUT2D eigenvalue weighted by atomic mass is 9.99. The fraction of sp³-hybridized carbons (Fsp3) is 0.455. The zero-order chi connectivity index (χ0) is 23.5. The summed E-state index contributed by atoms with van der Waals surface area (Å²) in [5.41, 5.74) is 2.41. The molecule has 4 heterocycles. The zero-order valence-corrected chi connectivity index (χ0v) is 16.3. The summed E-state index contributed by atoms with van der Waals surface area (Å²) in [7, 11) is 0. The molecule has 0 unspecified atom stereocenters. The van der Waals surface area contributed by atoms with Crippen LogP contribution in [0.2, 0.25) is 0 Å². The van der Waals surface area contributed by atoms with E-state index in [4.69, 9.17) is 24.7 Å². The third-order valence-corrected chi connectivity index (χ3v) is 5.61. The highest BCUT2D eigenvalue weighted by Gasteiger charge is 2.30. The van der Waals surface area contributed by atoms with Crippen LogP contribution in [0.1, 0.15) is 46.9 Å². The van der Waals surface area contributed by atoms with E-state index < -0.39 is 13.1 Å². The predicted molar refractivity (Wildman–Crippen MR) is 108 cm³/mol. The normalized spacial score (nSPS) is 28.3. The molecule has 7 nitrogen and oxygen atoms in total. The van der Waals surface area contributed by atoms with Gasteiger partial charge >= 0.3 is 0 Å². The molecule has 5 rings (SSSR count). The van der Waals surface area contributed by atoms with Crippen molar-refractivity contribution in [3.05, 3.63) is 41.1 Å². The molecule has 2 aromatic rings. The van der Waals surface area contributed by atoms with Crippen LogP contribution in [-0.2, 0) is 6.54 Å². The van der Waals surface area contributed by atoms with Crippen molar-refractivity contribution < 1.29 is 24.5 Å². The molecule has 0 aliphatic carbocycles. The molecule has 1 amide bonds. The number of nitrogens with zero attached hydrogens (tertiary/aromatic N) is 2. The van der Waals surface area contributed by atoms with Gasteiger partial charge in [-0.1, -0.05) is 0 Å². The smallest absolute Gasteiger partial charge is 0.253 e. The van der Waals surface area contributed by atoms with E-state index >= 15 is 0 Å². The van der Waals surface area contributed by atoms with Crippen molar-refractivity contribution in [2.45, 2.75) is 45.4 Å². The molecule has 3 aliphatic heterocycles. The van der Waals surface area contributed by atoms with E-state index in [1.165, 1.54) is 12.1 Å². The third-order valence-electron chi connectivity index (χ3n) is 5.61. The van der Waals surface area contributed by atoms with Crippen LogP contribution in [0.5, 0.6) is 17.2 Å². The molecular weight excluding hydrogens is 370 g/mol. The summed E-state index contributed by atoms with van der Waals surface area (Å²) in [5.74, 6) is 1.58. The number of ether oxygens (including phenoxy) is 3. The van der Waals surface area contributed by atoms with Crippen LogP contribution in [0.15, 0.2) is 24.3 Å². The van der Waals surface area contributed by atoms with E-state index in [2.05, 4.69) is 17.1 Å². The van der Waals surface area contributed by atoms with E-state index in [1.54, 1.807) is 6.07 Å². The second kappa shape index (κ2) is 7.13. The average Bonchev–Trinajstić information content (AvgIpc) is 3.08. The number of piperidine rings is 1. The SMILES string of the molecule is [2H]C1([2H])Oc2ccc(O[C@H]3CCN(c4nc5c(cc4C)C(=O)NC5)[C@H](C)C3)cc2OC1([2H])[2H]. The molecule has 1 N–H and O–H groups in total. The molecule has 152 valence electrons. The Kier molecular flexibility index (Phi) is 3.47. The van der Waals surface area contributed by atoms with Crippen LogP contribution < -0.4 is 24.4 Å². The number of nitrogens with one attached hydrogen (secondary N) is 1. The third kappa shape index (κ3) is 3.34. The second-order valence-corrected chi connectivity index (χ2v) is 7.63. The first-order valence-electron chi connectivity index (χ1n) is 11.8. The fourth-order valence-corrected chi connectivity index (χ4v) is 4.14.